The number of sulfone groups is 1. The Morgan fingerprint density at radius 3 is 2.64 bits per heavy atom. The van der Waals surface area contributed by atoms with Crippen molar-refractivity contribution in [3.63, 3.8) is 0 Å². The van der Waals surface area contributed by atoms with E-state index >= 15 is 0 Å². The molecule has 0 saturated carbocycles. The molecule has 0 spiro atoms. The molecule has 0 aliphatic carbocycles. The maximum absolute atomic E-state index is 11.0. The summed E-state index contributed by atoms with van der Waals surface area (Å²) in [5.41, 5.74) is 5.52. The number of nitrogens with two attached hydrogens (primary N) is 1. The van der Waals surface area contributed by atoms with Crippen LogP contribution in [0.15, 0.2) is 0 Å². The molecule has 0 unspecified atom stereocenters. The van der Waals surface area contributed by atoms with E-state index in [1.807, 2.05) is 6.07 Å². The van der Waals surface area contributed by atoms with Crippen molar-refractivity contribution >= 4 is 9.84 Å². The van der Waals surface area contributed by atoms with Gasteiger partial charge >= 0.3 is 0 Å². The van der Waals surface area contributed by atoms with Crippen LogP contribution in [0.1, 0.15) is 6.42 Å². The zero-order valence-electron chi connectivity index (χ0n) is 6.03. The van der Waals surface area contributed by atoms with Gasteiger partial charge in [-0.2, -0.15) is 5.26 Å². The van der Waals surface area contributed by atoms with Crippen LogP contribution < -0.4 is 5.73 Å². The first-order chi connectivity index (χ1) is 5.05. The highest BCUT2D eigenvalue weighted by atomic mass is 32.2. The monoisotopic (exact) mass is 174 g/mol. The molecular formula is C6H10N2O2S. The van der Waals surface area contributed by atoms with Gasteiger partial charge in [0.15, 0.2) is 9.84 Å². The van der Waals surface area contributed by atoms with Gasteiger partial charge in [0.05, 0.1) is 23.5 Å². The van der Waals surface area contributed by atoms with E-state index in [1.165, 1.54) is 0 Å². The van der Waals surface area contributed by atoms with Crippen molar-refractivity contribution < 1.29 is 8.42 Å². The van der Waals surface area contributed by atoms with Gasteiger partial charge in [-0.3, -0.25) is 0 Å². The highest BCUT2D eigenvalue weighted by molar-refractivity contribution is 7.91. The van der Waals surface area contributed by atoms with E-state index in [0.717, 1.165) is 0 Å². The number of rotatable bonds is 0. The highest BCUT2D eigenvalue weighted by Gasteiger charge is 2.30. The van der Waals surface area contributed by atoms with Crippen molar-refractivity contribution in [2.24, 2.45) is 11.7 Å². The molecule has 0 radical (unpaired) electrons. The number of hydrogen-bond acceptors (Lipinski definition) is 4. The fraction of sp³-hybridized carbons (Fsp3) is 0.833. The lowest BCUT2D eigenvalue weighted by atomic mass is 10.0. The van der Waals surface area contributed by atoms with Crippen molar-refractivity contribution in [3.05, 3.63) is 0 Å². The zero-order chi connectivity index (χ0) is 8.48. The quantitative estimate of drug-likeness (QED) is 0.525. The molecule has 1 saturated heterocycles. The topological polar surface area (TPSA) is 84.0 Å². The maximum atomic E-state index is 11.0. The number of nitrogens with zero attached hydrogens (tertiary/aromatic N) is 1. The Hall–Kier alpha value is -0.600. The van der Waals surface area contributed by atoms with Crippen molar-refractivity contribution in [2.75, 3.05) is 11.5 Å². The maximum Gasteiger partial charge on any atom is 0.151 e. The van der Waals surface area contributed by atoms with Gasteiger partial charge in [-0.1, -0.05) is 0 Å². The molecule has 1 heterocycles. The summed E-state index contributed by atoms with van der Waals surface area (Å²) >= 11 is 0. The second kappa shape index (κ2) is 2.80. The van der Waals surface area contributed by atoms with Gasteiger partial charge in [-0.05, 0) is 6.42 Å². The molecule has 0 aromatic rings. The Kier molecular flexibility index (Phi) is 2.16. The lowest BCUT2D eigenvalue weighted by molar-refractivity contribution is 0.491. The molecule has 0 bridgehead atoms. The lowest BCUT2D eigenvalue weighted by Gasteiger charge is -2.22. The smallest absolute Gasteiger partial charge is 0.151 e. The third-order valence-corrected chi connectivity index (χ3v) is 3.60. The van der Waals surface area contributed by atoms with E-state index in [4.69, 9.17) is 11.0 Å². The molecule has 0 aromatic carbocycles. The van der Waals surface area contributed by atoms with Gasteiger partial charge in [0, 0.05) is 6.04 Å². The van der Waals surface area contributed by atoms with Gasteiger partial charge in [0.25, 0.3) is 0 Å². The Morgan fingerprint density at radius 2 is 2.18 bits per heavy atom. The summed E-state index contributed by atoms with van der Waals surface area (Å²) in [5, 5.41) is 8.50. The van der Waals surface area contributed by atoms with Crippen molar-refractivity contribution in [3.8, 4) is 6.07 Å². The van der Waals surface area contributed by atoms with Crippen molar-refractivity contribution in [2.45, 2.75) is 12.5 Å². The third-order valence-electron chi connectivity index (χ3n) is 1.88. The molecule has 11 heavy (non-hydrogen) atoms. The predicted molar refractivity (Wildman–Crippen MR) is 40.3 cm³/mol. The van der Waals surface area contributed by atoms with E-state index in [0.29, 0.717) is 6.42 Å². The van der Waals surface area contributed by atoms with Gasteiger partial charge in [0.1, 0.15) is 0 Å². The zero-order valence-corrected chi connectivity index (χ0v) is 6.84. The summed E-state index contributed by atoms with van der Waals surface area (Å²) in [6.07, 6.45) is 0.417. The molecule has 5 heteroatoms. The Morgan fingerprint density at radius 1 is 1.55 bits per heavy atom. The number of hydrogen-bond donors (Lipinski definition) is 1. The first-order valence-corrected chi connectivity index (χ1v) is 5.23. The second-order valence-corrected chi connectivity index (χ2v) is 5.03. The lowest BCUT2D eigenvalue weighted by Crippen LogP contribution is -2.41. The minimum Gasteiger partial charge on any atom is -0.326 e. The molecule has 0 aromatic heterocycles. The fourth-order valence-electron chi connectivity index (χ4n) is 1.13. The van der Waals surface area contributed by atoms with Crippen LogP contribution in [-0.4, -0.2) is 26.0 Å². The van der Waals surface area contributed by atoms with Gasteiger partial charge in [0.2, 0.25) is 0 Å². The Labute approximate surface area is 65.9 Å². The molecule has 0 amide bonds. The third kappa shape index (κ3) is 1.91. The van der Waals surface area contributed by atoms with Gasteiger partial charge < -0.3 is 5.73 Å². The van der Waals surface area contributed by atoms with Gasteiger partial charge in [-0.25, -0.2) is 8.42 Å². The van der Waals surface area contributed by atoms with Crippen LogP contribution in [0.2, 0.25) is 0 Å². The summed E-state index contributed by atoms with van der Waals surface area (Å²) in [6.45, 7) is 0. The van der Waals surface area contributed by atoms with Gasteiger partial charge in [-0.15, -0.1) is 0 Å². The normalized spacial score (nSPS) is 36.0. The summed E-state index contributed by atoms with van der Waals surface area (Å²) < 4.78 is 21.9. The van der Waals surface area contributed by atoms with E-state index < -0.39 is 15.8 Å². The van der Waals surface area contributed by atoms with E-state index in [9.17, 15) is 8.42 Å². The first kappa shape index (κ1) is 8.50. The molecule has 1 aliphatic rings. The summed E-state index contributed by atoms with van der Waals surface area (Å²) in [5.74, 6) is -0.439. The summed E-state index contributed by atoms with van der Waals surface area (Å²) in [7, 11) is -2.98. The molecule has 4 nitrogen and oxygen atoms in total. The molecule has 2 atom stereocenters. The van der Waals surface area contributed by atoms with E-state index in [1.54, 1.807) is 0 Å². The fourth-order valence-corrected chi connectivity index (χ4v) is 2.80. The van der Waals surface area contributed by atoms with E-state index in [-0.39, 0.29) is 17.5 Å². The van der Waals surface area contributed by atoms with Crippen molar-refractivity contribution in [1.29, 1.82) is 5.26 Å². The second-order valence-electron chi connectivity index (χ2n) is 2.80. The van der Waals surface area contributed by atoms with E-state index in [2.05, 4.69) is 0 Å². The summed E-state index contributed by atoms with van der Waals surface area (Å²) in [6, 6.07) is 1.64. The van der Waals surface area contributed by atoms with Crippen LogP contribution in [0.3, 0.4) is 0 Å². The minimum atomic E-state index is -2.98. The van der Waals surface area contributed by atoms with Crippen LogP contribution in [0.4, 0.5) is 0 Å². The predicted octanol–water partition coefficient (Wildman–Crippen LogP) is -0.728. The van der Waals surface area contributed by atoms with Crippen LogP contribution >= 0.6 is 0 Å². The average molecular weight is 174 g/mol. The molecule has 1 aliphatic heterocycles. The van der Waals surface area contributed by atoms with Crippen molar-refractivity contribution in [1.82, 2.24) is 0 Å². The molecule has 1 rings (SSSR count). The average Bonchev–Trinajstić information content (AvgIpc) is 1.94. The molecule has 2 N–H and O–H groups in total. The van der Waals surface area contributed by atoms with Crippen LogP contribution in [0.5, 0.6) is 0 Å². The Balaban J connectivity index is 2.76. The Bertz CT molecular complexity index is 277. The van der Waals surface area contributed by atoms with Crippen LogP contribution in [0, 0.1) is 17.2 Å². The highest BCUT2D eigenvalue weighted by Crippen LogP contribution is 2.16. The summed E-state index contributed by atoms with van der Waals surface area (Å²) in [4.78, 5) is 0. The molecule has 62 valence electrons. The van der Waals surface area contributed by atoms with Crippen LogP contribution in [-0.2, 0) is 9.84 Å². The van der Waals surface area contributed by atoms with Crippen LogP contribution in [0.25, 0.3) is 0 Å². The largest absolute Gasteiger partial charge is 0.326 e. The molecular weight excluding hydrogens is 164 g/mol. The number of nitriles is 1. The standard InChI is InChI=1S/C6H10N2O2S/c7-3-5-4-11(9,10)2-1-6(5)8/h5-6H,1-2,4,8H2/t5-,6-/m0/s1. The SMILES string of the molecule is N#C[C@H]1CS(=O)(=O)CC[C@@H]1N. The minimum absolute atomic E-state index is 0.0648. The molecule has 1 fully saturated rings. The first-order valence-electron chi connectivity index (χ1n) is 3.41.